The van der Waals surface area contributed by atoms with Gasteiger partial charge in [-0.15, -0.1) is 11.8 Å². The lowest BCUT2D eigenvalue weighted by Gasteiger charge is -2.11. The number of benzene rings is 2. The highest BCUT2D eigenvalue weighted by Crippen LogP contribution is 2.39. The number of halogens is 1. The highest BCUT2D eigenvalue weighted by Gasteiger charge is 2.18. The molecular formula is C16H16BrNO2S. The molecule has 0 fully saturated rings. The van der Waals surface area contributed by atoms with E-state index in [1.165, 1.54) is 11.1 Å². The molecule has 1 aliphatic heterocycles. The van der Waals surface area contributed by atoms with Gasteiger partial charge in [-0.05, 0) is 29.8 Å². The Labute approximate surface area is 137 Å². The lowest BCUT2D eigenvalue weighted by atomic mass is 10.1. The van der Waals surface area contributed by atoms with Crippen molar-refractivity contribution in [2.24, 2.45) is 0 Å². The van der Waals surface area contributed by atoms with E-state index < -0.39 is 0 Å². The van der Waals surface area contributed by atoms with Crippen LogP contribution in [-0.2, 0) is 12.2 Å². The van der Waals surface area contributed by atoms with Crippen molar-refractivity contribution in [1.29, 1.82) is 0 Å². The Morgan fingerprint density at radius 2 is 2.19 bits per heavy atom. The SMILES string of the molecule is COc1cc(N)ccc1SCc1cc(Br)cc2c1OCC2. The zero-order valence-corrected chi connectivity index (χ0v) is 14.1. The summed E-state index contributed by atoms with van der Waals surface area (Å²) in [5.41, 5.74) is 8.99. The summed E-state index contributed by atoms with van der Waals surface area (Å²) in [5.74, 6) is 2.69. The first-order valence-corrected chi connectivity index (χ1v) is 8.45. The van der Waals surface area contributed by atoms with E-state index in [0.717, 1.165) is 39.6 Å². The summed E-state index contributed by atoms with van der Waals surface area (Å²) in [6, 6.07) is 10.0. The summed E-state index contributed by atoms with van der Waals surface area (Å²) in [6.07, 6.45) is 0.984. The van der Waals surface area contributed by atoms with Crippen LogP contribution in [0.3, 0.4) is 0 Å². The summed E-state index contributed by atoms with van der Waals surface area (Å²) >= 11 is 5.30. The number of thioether (sulfide) groups is 1. The number of fused-ring (bicyclic) bond motifs is 1. The van der Waals surface area contributed by atoms with E-state index in [0.29, 0.717) is 5.69 Å². The molecular weight excluding hydrogens is 350 g/mol. The standard InChI is InChI=1S/C16H16BrNO2S/c1-19-14-8-13(18)2-3-15(14)21-9-11-7-12(17)6-10-4-5-20-16(10)11/h2-3,6-8H,4-5,9,18H2,1H3. The fourth-order valence-corrected chi connectivity index (χ4v) is 3.94. The fraction of sp³-hybridized carbons (Fsp3) is 0.250. The molecule has 0 bridgehead atoms. The Hall–Kier alpha value is -1.33. The van der Waals surface area contributed by atoms with Crippen LogP contribution < -0.4 is 15.2 Å². The zero-order chi connectivity index (χ0) is 14.8. The van der Waals surface area contributed by atoms with Crippen molar-refractivity contribution in [2.75, 3.05) is 19.5 Å². The van der Waals surface area contributed by atoms with E-state index in [9.17, 15) is 0 Å². The van der Waals surface area contributed by atoms with Gasteiger partial charge in [-0.25, -0.2) is 0 Å². The third kappa shape index (κ3) is 3.14. The Morgan fingerprint density at radius 3 is 3.00 bits per heavy atom. The number of rotatable bonds is 4. The topological polar surface area (TPSA) is 44.5 Å². The molecule has 0 saturated carbocycles. The van der Waals surface area contributed by atoms with E-state index in [4.69, 9.17) is 15.2 Å². The van der Waals surface area contributed by atoms with Crippen LogP contribution >= 0.6 is 27.7 Å². The van der Waals surface area contributed by atoms with Crippen molar-refractivity contribution in [3.8, 4) is 11.5 Å². The van der Waals surface area contributed by atoms with Crippen LogP contribution in [0.5, 0.6) is 11.5 Å². The molecule has 3 rings (SSSR count). The fourth-order valence-electron chi connectivity index (χ4n) is 2.41. The minimum Gasteiger partial charge on any atom is -0.496 e. The van der Waals surface area contributed by atoms with Crippen LogP contribution in [0.2, 0.25) is 0 Å². The quantitative estimate of drug-likeness (QED) is 0.649. The van der Waals surface area contributed by atoms with Crippen molar-refractivity contribution in [3.05, 3.63) is 45.9 Å². The van der Waals surface area contributed by atoms with E-state index in [1.807, 2.05) is 18.2 Å². The van der Waals surface area contributed by atoms with Crippen molar-refractivity contribution >= 4 is 33.4 Å². The molecule has 1 heterocycles. The zero-order valence-electron chi connectivity index (χ0n) is 11.7. The second-order valence-electron chi connectivity index (χ2n) is 4.85. The Balaban J connectivity index is 1.83. The molecule has 0 spiro atoms. The maximum absolute atomic E-state index is 5.79. The molecule has 110 valence electrons. The number of nitrogens with two attached hydrogens (primary N) is 1. The van der Waals surface area contributed by atoms with E-state index in [2.05, 4.69) is 28.1 Å². The van der Waals surface area contributed by atoms with Gasteiger partial charge < -0.3 is 15.2 Å². The molecule has 2 aromatic rings. The van der Waals surface area contributed by atoms with Gasteiger partial charge in [0.2, 0.25) is 0 Å². The summed E-state index contributed by atoms with van der Waals surface area (Å²) in [4.78, 5) is 1.08. The number of hydrogen-bond acceptors (Lipinski definition) is 4. The summed E-state index contributed by atoms with van der Waals surface area (Å²) in [7, 11) is 1.67. The van der Waals surface area contributed by atoms with Gasteiger partial charge in [0.15, 0.2) is 0 Å². The third-order valence-electron chi connectivity index (χ3n) is 3.40. The molecule has 0 radical (unpaired) electrons. The Kier molecular flexibility index (Phi) is 4.31. The van der Waals surface area contributed by atoms with Gasteiger partial charge in [0, 0.05) is 38.9 Å². The number of ether oxygens (including phenoxy) is 2. The van der Waals surface area contributed by atoms with Gasteiger partial charge in [-0.3, -0.25) is 0 Å². The van der Waals surface area contributed by atoms with Gasteiger partial charge in [-0.2, -0.15) is 0 Å². The smallest absolute Gasteiger partial charge is 0.134 e. The maximum atomic E-state index is 5.79. The predicted molar refractivity (Wildman–Crippen MR) is 90.3 cm³/mol. The molecule has 1 aliphatic rings. The van der Waals surface area contributed by atoms with Crippen LogP contribution in [0.1, 0.15) is 11.1 Å². The van der Waals surface area contributed by atoms with Crippen molar-refractivity contribution in [1.82, 2.24) is 0 Å². The molecule has 2 aromatic carbocycles. The Morgan fingerprint density at radius 1 is 1.33 bits per heavy atom. The molecule has 2 N–H and O–H groups in total. The largest absolute Gasteiger partial charge is 0.496 e. The van der Waals surface area contributed by atoms with Crippen LogP contribution in [0.15, 0.2) is 39.7 Å². The lowest BCUT2D eigenvalue weighted by Crippen LogP contribution is -1.93. The van der Waals surface area contributed by atoms with Gasteiger partial charge >= 0.3 is 0 Å². The normalized spacial score (nSPS) is 12.9. The van der Waals surface area contributed by atoms with Crippen molar-refractivity contribution in [2.45, 2.75) is 17.1 Å². The van der Waals surface area contributed by atoms with Gasteiger partial charge in [-0.1, -0.05) is 15.9 Å². The molecule has 21 heavy (non-hydrogen) atoms. The monoisotopic (exact) mass is 365 g/mol. The number of nitrogen functional groups attached to an aromatic ring is 1. The van der Waals surface area contributed by atoms with Gasteiger partial charge in [0.1, 0.15) is 11.5 Å². The second-order valence-corrected chi connectivity index (χ2v) is 6.78. The minimum absolute atomic E-state index is 0.711. The molecule has 3 nitrogen and oxygen atoms in total. The first-order valence-electron chi connectivity index (χ1n) is 6.68. The highest BCUT2D eigenvalue weighted by atomic mass is 79.9. The van der Waals surface area contributed by atoms with Crippen LogP contribution in [-0.4, -0.2) is 13.7 Å². The first-order chi connectivity index (χ1) is 10.2. The van der Waals surface area contributed by atoms with Crippen LogP contribution in [0.4, 0.5) is 5.69 Å². The average molecular weight is 366 g/mol. The van der Waals surface area contributed by atoms with E-state index in [1.54, 1.807) is 18.9 Å². The van der Waals surface area contributed by atoms with Gasteiger partial charge in [0.25, 0.3) is 0 Å². The molecule has 0 aliphatic carbocycles. The minimum atomic E-state index is 0.711. The molecule has 0 amide bonds. The highest BCUT2D eigenvalue weighted by molar-refractivity contribution is 9.10. The molecule has 0 aromatic heterocycles. The average Bonchev–Trinajstić information content (AvgIpc) is 2.93. The third-order valence-corrected chi connectivity index (χ3v) is 4.96. The maximum Gasteiger partial charge on any atom is 0.134 e. The van der Waals surface area contributed by atoms with E-state index in [-0.39, 0.29) is 0 Å². The molecule has 0 unspecified atom stereocenters. The first kappa shape index (κ1) is 14.6. The summed E-state index contributed by atoms with van der Waals surface area (Å²) < 4.78 is 12.3. The Bertz CT molecular complexity index is 676. The van der Waals surface area contributed by atoms with Crippen LogP contribution in [0.25, 0.3) is 0 Å². The molecule has 0 atom stereocenters. The molecule has 0 saturated heterocycles. The second kappa shape index (κ2) is 6.20. The summed E-state index contributed by atoms with van der Waals surface area (Å²) in [5, 5.41) is 0. The predicted octanol–water partition coefficient (Wildman–Crippen LogP) is 4.27. The number of hydrogen-bond donors (Lipinski definition) is 1. The van der Waals surface area contributed by atoms with Crippen LogP contribution in [0, 0.1) is 0 Å². The summed E-state index contributed by atoms with van der Waals surface area (Å²) in [6.45, 7) is 0.772. The van der Waals surface area contributed by atoms with Gasteiger partial charge in [0.05, 0.1) is 13.7 Å². The lowest BCUT2D eigenvalue weighted by molar-refractivity contribution is 0.354. The van der Waals surface area contributed by atoms with E-state index >= 15 is 0 Å². The van der Waals surface area contributed by atoms with Crippen molar-refractivity contribution < 1.29 is 9.47 Å². The van der Waals surface area contributed by atoms with Crippen molar-refractivity contribution in [3.63, 3.8) is 0 Å². The molecule has 5 heteroatoms. The number of methoxy groups -OCH3 is 1. The number of anilines is 1.